The van der Waals surface area contributed by atoms with Gasteiger partial charge in [0.25, 0.3) is 10.0 Å². The van der Waals surface area contributed by atoms with Gasteiger partial charge in [-0.25, -0.2) is 4.39 Å². The first kappa shape index (κ1) is 9.91. The maximum absolute atomic E-state index is 13.3. The molecule has 0 aliphatic carbocycles. The number of rotatable bonds is 1. The van der Waals surface area contributed by atoms with Crippen molar-refractivity contribution in [2.75, 3.05) is 7.11 Å². The predicted octanol–water partition coefficient (Wildman–Crippen LogP) is 0.242. The second-order valence-electron chi connectivity index (χ2n) is 2.91. The van der Waals surface area contributed by atoms with E-state index in [-0.39, 0.29) is 17.1 Å². The van der Waals surface area contributed by atoms with E-state index in [1.54, 1.807) is 0 Å². The number of nitrogens with zero attached hydrogens (tertiary/aromatic N) is 1. The highest BCUT2D eigenvalue weighted by Gasteiger charge is 2.33. The van der Waals surface area contributed by atoms with E-state index in [0.717, 1.165) is 6.07 Å². The zero-order chi connectivity index (χ0) is 11.2. The fourth-order valence-electron chi connectivity index (χ4n) is 1.42. The van der Waals surface area contributed by atoms with Crippen LogP contribution in [0.3, 0.4) is 0 Å². The van der Waals surface area contributed by atoms with Gasteiger partial charge in [-0.3, -0.25) is 0 Å². The topological polar surface area (TPSA) is 81.8 Å². The van der Waals surface area contributed by atoms with Crippen LogP contribution in [0.5, 0.6) is 5.75 Å². The molecule has 0 saturated heterocycles. The fourth-order valence-corrected chi connectivity index (χ4v) is 2.64. The Morgan fingerprint density at radius 3 is 2.73 bits per heavy atom. The van der Waals surface area contributed by atoms with Crippen molar-refractivity contribution in [3.05, 3.63) is 23.5 Å². The number of amidine groups is 1. The molecule has 0 spiro atoms. The van der Waals surface area contributed by atoms with E-state index >= 15 is 0 Å². The highest BCUT2D eigenvalue weighted by molar-refractivity contribution is 7.90. The van der Waals surface area contributed by atoms with Crippen LogP contribution in [0.25, 0.3) is 0 Å². The Bertz CT molecular complexity index is 565. The van der Waals surface area contributed by atoms with Crippen molar-refractivity contribution in [3.8, 4) is 5.75 Å². The Balaban J connectivity index is 2.89. The molecule has 80 valence electrons. The van der Waals surface area contributed by atoms with Crippen molar-refractivity contribution in [3.63, 3.8) is 0 Å². The molecular weight excluding hydrogens is 223 g/mol. The molecule has 1 aromatic carbocycles. The van der Waals surface area contributed by atoms with Crippen LogP contribution in [0.2, 0.25) is 0 Å². The molecule has 0 aromatic heterocycles. The number of fused-ring (bicyclic) bond motifs is 1. The molecule has 1 aliphatic heterocycles. The third-order valence-corrected chi connectivity index (χ3v) is 3.38. The van der Waals surface area contributed by atoms with Gasteiger partial charge in [0.2, 0.25) is 0 Å². The average Bonchev–Trinajstić information content (AvgIpc) is 2.39. The van der Waals surface area contributed by atoms with E-state index in [9.17, 15) is 12.8 Å². The van der Waals surface area contributed by atoms with E-state index in [1.807, 2.05) is 0 Å². The molecule has 0 amide bonds. The second-order valence-corrected chi connectivity index (χ2v) is 4.45. The summed E-state index contributed by atoms with van der Waals surface area (Å²) in [5.74, 6) is -0.940. The zero-order valence-electron chi connectivity index (χ0n) is 7.69. The lowest BCUT2D eigenvalue weighted by Crippen LogP contribution is -2.12. The summed E-state index contributed by atoms with van der Waals surface area (Å²) in [6.07, 6.45) is 0. The predicted molar refractivity (Wildman–Crippen MR) is 50.9 cm³/mol. The zero-order valence-corrected chi connectivity index (χ0v) is 8.51. The van der Waals surface area contributed by atoms with Crippen LogP contribution in [-0.2, 0) is 10.0 Å². The van der Waals surface area contributed by atoms with Crippen molar-refractivity contribution in [1.82, 2.24) is 0 Å². The van der Waals surface area contributed by atoms with E-state index in [0.29, 0.717) is 0 Å². The first-order chi connectivity index (χ1) is 6.97. The van der Waals surface area contributed by atoms with Gasteiger partial charge in [0.05, 0.1) is 12.7 Å². The van der Waals surface area contributed by atoms with Crippen LogP contribution < -0.4 is 10.5 Å². The third-order valence-electron chi connectivity index (χ3n) is 2.02. The quantitative estimate of drug-likeness (QED) is 0.749. The molecule has 0 unspecified atom stereocenters. The molecule has 15 heavy (non-hydrogen) atoms. The van der Waals surface area contributed by atoms with Gasteiger partial charge in [0, 0.05) is 0 Å². The molecule has 1 heterocycles. The van der Waals surface area contributed by atoms with Crippen LogP contribution in [0.4, 0.5) is 4.39 Å². The lowest BCUT2D eigenvalue weighted by Gasteiger charge is -2.06. The van der Waals surface area contributed by atoms with Crippen molar-refractivity contribution in [1.29, 1.82) is 0 Å². The smallest absolute Gasteiger partial charge is 0.288 e. The largest absolute Gasteiger partial charge is 0.496 e. The minimum atomic E-state index is -4.01. The minimum absolute atomic E-state index is 0.00231. The van der Waals surface area contributed by atoms with E-state index in [4.69, 9.17) is 10.5 Å². The molecule has 0 saturated carbocycles. The summed E-state index contributed by atoms with van der Waals surface area (Å²) in [5, 5.41) is 0. The van der Waals surface area contributed by atoms with Gasteiger partial charge in [-0.05, 0) is 12.1 Å². The summed E-state index contributed by atoms with van der Waals surface area (Å²) in [6, 6.07) is 2.31. The van der Waals surface area contributed by atoms with Crippen molar-refractivity contribution < 1.29 is 17.5 Å². The van der Waals surface area contributed by atoms with Gasteiger partial charge in [-0.15, -0.1) is 4.40 Å². The molecule has 0 fully saturated rings. The number of hydrogen-bond acceptors (Lipinski definition) is 4. The number of hydrogen-bond donors (Lipinski definition) is 1. The van der Waals surface area contributed by atoms with E-state index in [1.165, 1.54) is 13.2 Å². The number of sulfonamides is 1. The minimum Gasteiger partial charge on any atom is -0.496 e. The van der Waals surface area contributed by atoms with Crippen molar-refractivity contribution in [2.24, 2.45) is 10.1 Å². The summed E-state index contributed by atoms with van der Waals surface area (Å²) in [4.78, 5) is -0.514. The van der Waals surface area contributed by atoms with Crippen molar-refractivity contribution >= 4 is 15.9 Å². The lowest BCUT2D eigenvalue weighted by atomic mass is 10.2. The van der Waals surface area contributed by atoms with Crippen LogP contribution in [-0.4, -0.2) is 21.4 Å². The molecule has 7 heteroatoms. The van der Waals surface area contributed by atoms with Crippen LogP contribution >= 0.6 is 0 Å². The molecule has 5 nitrogen and oxygen atoms in total. The molecule has 0 atom stereocenters. The third kappa shape index (κ3) is 1.27. The van der Waals surface area contributed by atoms with Gasteiger partial charge in [-0.1, -0.05) is 0 Å². The maximum atomic E-state index is 13.3. The number of ether oxygens (including phenoxy) is 1. The van der Waals surface area contributed by atoms with Crippen LogP contribution in [0.1, 0.15) is 5.56 Å². The van der Waals surface area contributed by atoms with E-state index in [2.05, 4.69) is 4.40 Å². The van der Waals surface area contributed by atoms with Gasteiger partial charge < -0.3 is 10.5 Å². The summed E-state index contributed by atoms with van der Waals surface area (Å²) in [7, 11) is -2.67. The average molecular weight is 230 g/mol. The van der Waals surface area contributed by atoms with Crippen molar-refractivity contribution in [2.45, 2.75) is 4.90 Å². The second kappa shape index (κ2) is 2.93. The Morgan fingerprint density at radius 1 is 1.47 bits per heavy atom. The van der Waals surface area contributed by atoms with Gasteiger partial charge in [0.15, 0.2) is 0 Å². The monoisotopic (exact) mass is 230 g/mol. The summed E-state index contributed by atoms with van der Waals surface area (Å²) in [5.41, 5.74) is 5.39. The Kier molecular flexibility index (Phi) is 1.93. The number of nitrogens with two attached hydrogens (primary N) is 1. The number of halogens is 1. The fraction of sp³-hybridized carbons (Fsp3) is 0.125. The first-order valence-electron chi connectivity index (χ1n) is 3.94. The standard InChI is InChI=1S/C8H7FN2O3S/c1-14-5-3-2-4(9)7-6(5)8(10)11-15(7,12)13/h2-3H,1H3,(H2,10,11). The molecule has 2 N–H and O–H groups in total. The first-order valence-corrected chi connectivity index (χ1v) is 5.38. The van der Waals surface area contributed by atoms with Gasteiger partial charge in [0.1, 0.15) is 22.3 Å². The van der Waals surface area contributed by atoms with E-state index < -0.39 is 20.7 Å². The van der Waals surface area contributed by atoms with Crippen LogP contribution in [0.15, 0.2) is 21.4 Å². The molecule has 2 rings (SSSR count). The highest BCUT2D eigenvalue weighted by Crippen LogP contribution is 2.33. The molecule has 0 radical (unpaired) electrons. The Morgan fingerprint density at radius 2 is 2.13 bits per heavy atom. The van der Waals surface area contributed by atoms with Gasteiger partial charge in [-0.2, -0.15) is 8.42 Å². The summed E-state index contributed by atoms with van der Waals surface area (Å²) >= 11 is 0. The molecular formula is C8H7FN2O3S. The Labute approximate surface area is 85.4 Å². The lowest BCUT2D eigenvalue weighted by molar-refractivity contribution is 0.410. The van der Waals surface area contributed by atoms with Crippen LogP contribution in [0, 0.1) is 5.82 Å². The molecule has 0 bridgehead atoms. The number of methoxy groups -OCH3 is 1. The summed E-state index contributed by atoms with van der Waals surface area (Å²) < 4.78 is 44.2. The SMILES string of the molecule is COc1ccc(F)c2c1C(N)=NS2(=O)=O. The summed E-state index contributed by atoms with van der Waals surface area (Å²) in [6.45, 7) is 0. The Hall–Kier alpha value is -1.63. The number of benzene rings is 1. The maximum Gasteiger partial charge on any atom is 0.288 e. The van der Waals surface area contributed by atoms with Gasteiger partial charge >= 0.3 is 0 Å². The highest BCUT2D eigenvalue weighted by atomic mass is 32.2. The normalized spacial score (nSPS) is 17.1. The molecule has 1 aliphatic rings. The molecule has 1 aromatic rings.